The van der Waals surface area contributed by atoms with Crippen molar-refractivity contribution in [2.24, 2.45) is 0 Å². The molecule has 11 heteroatoms. The van der Waals surface area contributed by atoms with Gasteiger partial charge in [0.2, 0.25) is 0 Å². The Balaban J connectivity index is 1.76. The molecule has 3 rings (SSSR count). The fraction of sp³-hybridized carbons (Fsp3) is 0.389. The normalized spacial score (nSPS) is 13.8. The molecule has 11 nitrogen and oxygen atoms in total. The number of amides is 1. The Morgan fingerprint density at radius 2 is 1.66 bits per heavy atom. The van der Waals surface area contributed by atoms with Crippen LogP contribution in [-0.4, -0.2) is 38.8 Å². The lowest BCUT2D eigenvalue weighted by molar-refractivity contribution is -0.394. The number of aromatic nitrogens is 2. The fourth-order valence-corrected chi connectivity index (χ4v) is 3.17. The van der Waals surface area contributed by atoms with Crippen molar-refractivity contribution in [2.75, 3.05) is 18.0 Å². The van der Waals surface area contributed by atoms with E-state index in [1.807, 2.05) is 13.0 Å². The zero-order valence-corrected chi connectivity index (χ0v) is 15.8. The topological polar surface area (TPSA) is 144 Å². The third kappa shape index (κ3) is 5.00. The number of benzene rings is 1. The molecule has 0 saturated carbocycles. The summed E-state index contributed by atoms with van der Waals surface area (Å²) in [7, 11) is 0. The average molecular weight is 400 g/mol. The van der Waals surface area contributed by atoms with Crippen LogP contribution in [0, 0.1) is 27.2 Å². The van der Waals surface area contributed by atoms with Crippen LogP contribution in [0.2, 0.25) is 0 Å². The Hall–Kier alpha value is -3.63. The summed E-state index contributed by atoms with van der Waals surface area (Å²) in [5.41, 5.74) is -0.460. The summed E-state index contributed by atoms with van der Waals surface area (Å²) >= 11 is 0. The van der Waals surface area contributed by atoms with Crippen molar-refractivity contribution >= 4 is 23.1 Å². The Kier molecular flexibility index (Phi) is 5.96. The maximum Gasteiger partial charge on any atom is 0.277 e. The van der Waals surface area contributed by atoms with E-state index in [0.717, 1.165) is 55.6 Å². The van der Waals surface area contributed by atoms with E-state index in [9.17, 15) is 25.0 Å². The quantitative estimate of drug-likeness (QED) is 0.575. The first-order valence-electron chi connectivity index (χ1n) is 9.15. The molecule has 1 amide bonds. The van der Waals surface area contributed by atoms with Crippen LogP contribution in [-0.2, 0) is 6.54 Å². The molecule has 0 bridgehead atoms. The lowest BCUT2D eigenvalue weighted by Gasteiger charge is -2.28. The molecule has 2 aromatic rings. The van der Waals surface area contributed by atoms with Gasteiger partial charge in [-0.05, 0) is 26.2 Å². The number of carbonyl (C=O) groups excluding carboxylic acids is 1. The molecule has 0 radical (unpaired) electrons. The molecule has 152 valence electrons. The zero-order chi connectivity index (χ0) is 21.0. The molecule has 1 N–H and O–H groups in total. The molecule has 1 saturated heterocycles. The minimum absolute atomic E-state index is 0.00214. The van der Waals surface area contributed by atoms with Gasteiger partial charge in [-0.25, -0.2) is 9.97 Å². The standard InChI is InChI=1S/C18H20N6O5/c1-12-7-17(22-5-3-2-4-6-22)21-16(20-12)11-19-18(25)13-8-14(23(26)27)10-15(9-13)24(28)29/h7-10H,2-6,11H2,1H3,(H,19,25). The largest absolute Gasteiger partial charge is 0.357 e. The summed E-state index contributed by atoms with van der Waals surface area (Å²) < 4.78 is 0. The summed E-state index contributed by atoms with van der Waals surface area (Å²) in [5.74, 6) is 0.521. The molecular weight excluding hydrogens is 380 g/mol. The smallest absolute Gasteiger partial charge is 0.277 e. The van der Waals surface area contributed by atoms with Gasteiger partial charge in [0.25, 0.3) is 17.3 Å². The van der Waals surface area contributed by atoms with Crippen molar-refractivity contribution in [2.45, 2.75) is 32.7 Å². The van der Waals surface area contributed by atoms with Gasteiger partial charge in [-0.1, -0.05) is 0 Å². The maximum absolute atomic E-state index is 12.4. The lowest BCUT2D eigenvalue weighted by atomic mass is 10.1. The van der Waals surface area contributed by atoms with Gasteiger partial charge >= 0.3 is 0 Å². The number of carbonyl (C=O) groups is 1. The molecule has 29 heavy (non-hydrogen) atoms. The van der Waals surface area contributed by atoms with Gasteiger partial charge < -0.3 is 10.2 Å². The minimum Gasteiger partial charge on any atom is -0.357 e. The highest BCUT2D eigenvalue weighted by Gasteiger charge is 2.20. The van der Waals surface area contributed by atoms with Crippen molar-refractivity contribution < 1.29 is 14.6 Å². The molecule has 0 spiro atoms. The van der Waals surface area contributed by atoms with E-state index in [1.165, 1.54) is 6.42 Å². The Morgan fingerprint density at radius 3 is 2.24 bits per heavy atom. The highest BCUT2D eigenvalue weighted by Crippen LogP contribution is 2.23. The molecule has 1 fully saturated rings. The third-order valence-corrected chi connectivity index (χ3v) is 4.56. The minimum atomic E-state index is -0.779. The van der Waals surface area contributed by atoms with E-state index in [2.05, 4.69) is 20.2 Å². The molecule has 1 aromatic heterocycles. The third-order valence-electron chi connectivity index (χ3n) is 4.56. The number of anilines is 1. The van der Waals surface area contributed by atoms with E-state index in [0.29, 0.717) is 5.82 Å². The van der Waals surface area contributed by atoms with E-state index in [4.69, 9.17) is 0 Å². The van der Waals surface area contributed by atoms with E-state index in [1.54, 1.807) is 0 Å². The summed E-state index contributed by atoms with van der Waals surface area (Å²) in [5, 5.41) is 24.5. The number of nitrogens with zero attached hydrogens (tertiary/aromatic N) is 5. The van der Waals surface area contributed by atoms with Crippen molar-refractivity contribution in [1.29, 1.82) is 0 Å². The van der Waals surface area contributed by atoms with Gasteiger partial charge in [-0.3, -0.25) is 25.0 Å². The number of hydrogen-bond donors (Lipinski definition) is 1. The Bertz CT molecular complexity index is 926. The molecule has 2 heterocycles. The number of aryl methyl sites for hydroxylation is 1. The highest BCUT2D eigenvalue weighted by molar-refractivity contribution is 5.95. The number of non-ortho nitro benzene ring substituents is 2. The average Bonchev–Trinajstić information content (AvgIpc) is 2.71. The molecule has 0 unspecified atom stereocenters. The first-order chi connectivity index (χ1) is 13.8. The zero-order valence-electron chi connectivity index (χ0n) is 15.8. The van der Waals surface area contributed by atoms with Gasteiger partial charge in [0.1, 0.15) is 11.6 Å². The molecular formula is C18H20N6O5. The van der Waals surface area contributed by atoms with E-state index in [-0.39, 0.29) is 12.1 Å². The van der Waals surface area contributed by atoms with Gasteiger partial charge in [0.15, 0.2) is 0 Å². The van der Waals surface area contributed by atoms with Crippen molar-refractivity contribution in [1.82, 2.24) is 15.3 Å². The van der Waals surface area contributed by atoms with Crippen LogP contribution in [0.1, 0.15) is 41.1 Å². The van der Waals surface area contributed by atoms with Crippen molar-refractivity contribution in [3.63, 3.8) is 0 Å². The predicted molar refractivity (Wildman–Crippen MR) is 104 cm³/mol. The fourth-order valence-electron chi connectivity index (χ4n) is 3.17. The number of hydrogen-bond acceptors (Lipinski definition) is 8. The van der Waals surface area contributed by atoms with Gasteiger partial charge in [0, 0.05) is 37.0 Å². The van der Waals surface area contributed by atoms with Crippen LogP contribution in [0.15, 0.2) is 24.3 Å². The second kappa shape index (κ2) is 8.59. The Labute approximate surface area is 166 Å². The van der Waals surface area contributed by atoms with Gasteiger partial charge in [0.05, 0.1) is 28.0 Å². The second-order valence-corrected chi connectivity index (χ2v) is 6.77. The first kappa shape index (κ1) is 20.1. The monoisotopic (exact) mass is 400 g/mol. The summed E-state index contributed by atoms with van der Waals surface area (Å²) in [4.78, 5) is 43.8. The Morgan fingerprint density at radius 1 is 1.03 bits per heavy atom. The molecule has 0 atom stereocenters. The molecule has 1 aliphatic heterocycles. The first-order valence-corrected chi connectivity index (χ1v) is 9.15. The van der Waals surface area contributed by atoms with Crippen molar-refractivity contribution in [3.8, 4) is 0 Å². The molecule has 0 aliphatic carbocycles. The maximum atomic E-state index is 12.4. The number of piperidine rings is 1. The van der Waals surface area contributed by atoms with Crippen LogP contribution in [0.5, 0.6) is 0 Å². The summed E-state index contributed by atoms with van der Waals surface area (Å²) in [6, 6.07) is 4.70. The summed E-state index contributed by atoms with van der Waals surface area (Å²) in [6.45, 7) is 3.67. The van der Waals surface area contributed by atoms with Crippen molar-refractivity contribution in [3.05, 3.63) is 61.6 Å². The van der Waals surface area contributed by atoms with E-state index < -0.39 is 27.1 Å². The lowest BCUT2D eigenvalue weighted by Crippen LogP contribution is -2.31. The van der Waals surface area contributed by atoms with Crippen LogP contribution in [0.25, 0.3) is 0 Å². The highest BCUT2D eigenvalue weighted by atomic mass is 16.6. The number of nitro benzene ring substituents is 2. The SMILES string of the molecule is Cc1cc(N2CCCCC2)nc(CNC(=O)c2cc([N+](=O)[O-])cc([N+](=O)[O-])c2)n1. The summed E-state index contributed by atoms with van der Waals surface area (Å²) in [6.07, 6.45) is 3.39. The van der Waals surface area contributed by atoms with Crippen LogP contribution in [0.3, 0.4) is 0 Å². The van der Waals surface area contributed by atoms with Gasteiger partial charge in [-0.15, -0.1) is 0 Å². The van der Waals surface area contributed by atoms with Crippen LogP contribution in [0.4, 0.5) is 17.2 Å². The van der Waals surface area contributed by atoms with Gasteiger partial charge in [-0.2, -0.15) is 0 Å². The predicted octanol–water partition coefficient (Wildman–Crippen LogP) is 2.52. The molecule has 1 aliphatic rings. The molecule has 1 aromatic carbocycles. The van der Waals surface area contributed by atoms with Crippen LogP contribution < -0.4 is 10.2 Å². The van der Waals surface area contributed by atoms with Crippen LogP contribution >= 0.6 is 0 Å². The number of nitro groups is 2. The number of nitrogens with one attached hydrogen (secondary N) is 1. The number of rotatable bonds is 6. The second-order valence-electron chi connectivity index (χ2n) is 6.77. The van der Waals surface area contributed by atoms with E-state index >= 15 is 0 Å².